The van der Waals surface area contributed by atoms with Crippen LogP contribution in [0.5, 0.6) is 0 Å². The van der Waals surface area contributed by atoms with E-state index >= 15 is 0 Å². The molecule has 1 amide bonds. The summed E-state index contributed by atoms with van der Waals surface area (Å²) in [6.07, 6.45) is 0. The maximum atomic E-state index is 12.3. The van der Waals surface area contributed by atoms with E-state index in [1.54, 1.807) is 30.3 Å². The molecule has 0 aromatic heterocycles. The van der Waals surface area contributed by atoms with E-state index in [0.717, 1.165) is 7.05 Å². The van der Waals surface area contributed by atoms with Crippen molar-refractivity contribution in [2.45, 2.75) is 0 Å². The van der Waals surface area contributed by atoms with Gasteiger partial charge in [0.05, 0.1) is 0 Å². The van der Waals surface area contributed by atoms with E-state index in [4.69, 9.17) is 0 Å². The highest BCUT2D eigenvalue weighted by molar-refractivity contribution is 5.93. The second-order valence-electron chi connectivity index (χ2n) is 2.15. The van der Waals surface area contributed by atoms with Gasteiger partial charge >= 0.3 is 0 Å². The van der Waals surface area contributed by atoms with Crippen molar-refractivity contribution < 1.29 is 9.28 Å². The van der Waals surface area contributed by atoms with Crippen LogP contribution in [0.15, 0.2) is 30.3 Å². The highest BCUT2D eigenvalue weighted by Gasteiger charge is 2.08. The number of nitrogens with zero attached hydrogens (tertiary/aromatic N) is 1. The van der Waals surface area contributed by atoms with Gasteiger partial charge in [0, 0.05) is 12.6 Å². The lowest BCUT2D eigenvalue weighted by molar-refractivity contribution is 0.0343. The Bertz CT molecular complexity index is 250. The average molecular weight is 190 g/mol. The summed E-state index contributed by atoms with van der Waals surface area (Å²) in [5.41, 5.74) is 0.359. The van der Waals surface area contributed by atoms with Crippen LogP contribution in [0, 0.1) is 0 Å². The zero-order valence-corrected chi connectivity index (χ0v) is 7.34. The molecule has 0 spiro atoms. The van der Waals surface area contributed by atoms with Crippen molar-refractivity contribution in [3.05, 3.63) is 35.9 Å². The average Bonchev–Trinajstić information content (AvgIpc) is 2.05. The fourth-order valence-electron chi connectivity index (χ4n) is 0.759. The Balaban J connectivity index is 0.00000121. The third-order valence-corrected chi connectivity index (χ3v) is 1.30. The van der Waals surface area contributed by atoms with Crippen molar-refractivity contribution >= 4 is 18.3 Å². The van der Waals surface area contributed by atoms with Crippen LogP contribution in [0.4, 0.5) is 4.48 Å². The van der Waals surface area contributed by atoms with Crippen molar-refractivity contribution in [2.24, 2.45) is 0 Å². The molecule has 0 radical (unpaired) electrons. The molecule has 0 atom stereocenters. The summed E-state index contributed by atoms with van der Waals surface area (Å²) >= 11 is 0. The van der Waals surface area contributed by atoms with Crippen LogP contribution in [0.3, 0.4) is 0 Å². The number of carbonyl (C=O) groups excluding carboxylic acids is 1. The highest BCUT2D eigenvalue weighted by atomic mass is 35.5. The Hall–Kier alpha value is -1.09. The van der Waals surface area contributed by atoms with Crippen molar-refractivity contribution in [2.75, 3.05) is 7.05 Å². The van der Waals surface area contributed by atoms with Gasteiger partial charge in [-0.05, 0) is 12.1 Å². The predicted molar refractivity (Wildman–Crippen MR) is 46.9 cm³/mol. The standard InChI is InChI=1S/C8H8FNO.ClH/c1-10(9)8(11)7-5-3-2-4-6-7;/h2-6H,1H3;1H. The van der Waals surface area contributed by atoms with E-state index in [1.807, 2.05) is 0 Å². The minimum Gasteiger partial charge on any atom is -0.267 e. The third kappa shape index (κ3) is 2.51. The summed E-state index contributed by atoms with van der Waals surface area (Å²) in [5.74, 6) is -0.620. The number of rotatable bonds is 1. The predicted octanol–water partition coefficient (Wildman–Crippen LogP) is 2.06. The summed E-state index contributed by atoms with van der Waals surface area (Å²) in [7, 11) is 1.08. The molecule has 0 aliphatic rings. The van der Waals surface area contributed by atoms with Gasteiger partial charge in [-0.25, -0.2) is 0 Å². The van der Waals surface area contributed by atoms with Gasteiger partial charge in [-0.15, -0.1) is 12.4 Å². The maximum Gasteiger partial charge on any atom is 0.281 e. The third-order valence-electron chi connectivity index (χ3n) is 1.30. The maximum absolute atomic E-state index is 12.3. The first kappa shape index (κ1) is 10.9. The summed E-state index contributed by atoms with van der Waals surface area (Å²) in [6.45, 7) is 0. The second kappa shape index (κ2) is 4.72. The zero-order chi connectivity index (χ0) is 8.27. The summed E-state index contributed by atoms with van der Waals surface area (Å²) in [6, 6.07) is 8.29. The Morgan fingerprint density at radius 2 is 1.83 bits per heavy atom. The van der Waals surface area contributed by atoms with Crippen molar-refractivity contribution in [1.29, 1.82) is 0 Å². The monoisotopic (exact) mass is 189 g/mol. The van der Waals surface area contributed by atoms with Gasteiger partial charge < -0.3 is 0 Å². The Kier molecular flexibility index (Phi) is 4.29. The van der Waals surface area contributed by atoms with Crippen molar-refractivity contribution in [1.82, 2.24) is 5.12 Å². The molecule has 4 heteroatoms. The van der Waals surface area contributed by atoms with Gasteiger partial charge in [0.1, 0.15) is 0 Å². The van der Waals surface area contributed by atoms with Gasteiger partial charge in [0.25, 0.3) is 5.91 Å². The van der Waals surface area contributed by atoms with Crippen molar-refractivity contribution in [3.8, 4) is 0 Å². The summed E-state index contributed by atoms with van der Waals surface area (Å²) < 4.78 is 12.3. The minimum atomic E-state index is -0.620. The molecule has 1 aromatic carbocycles. The second-order valence-corrected chi connectivity index (χ2v) is 2.15. The van der Waals surface area contributed by atoms with Crippen LogP contribution in [0.1, 0.15) is 10.4 Å². The fourth-order valence-corrected chi connectivity index (χ4v) is 0.759. The highest BCUT2D eigenvalue weighted by Crippen LogP contribution is 2.02. The van der Waals surface area contributed by atoms with Crippen LogP contribution in [-0.2, 0) is 0 Å². The van der Waals surface area contributed by atoms with E-state index in [9.17, 15) is 9.28 Å². The molecule has 0 aliphatic heterocycles. The molecule has 0 fully saturated rings. The summed E-state index contributed by atoms with van der Waals surface area (Å²) in [4.78, 5) is 10.9. The lowest BCUT2D eigenvalue weighted by Crippen LogP contribution is -2.17. The number of halogens is 2. The number of amides is 1. The van der Waals surface area contributed by atoms with E-state index in [1.165, 1.54) is 0 Å². The lowest BCUT2D eigenvalue weighted by Gasteiger charge is -2.03. The van der Waals surface area contributed by atoms with Crippen LogP contribution < -0.4 is 0 Å². The quantitative estimate of drug-likeness (QED) is 0.620. The van der Waals surface area contributed by atoms with Crippen LogP contribution in [-0.4, -0.2) is 18.1 Å². The lowest BCUT2D eigenvalue weighted by atomic mass is 10.2. The van der Waals surface area contributed by atoms with Gasteiger partial charge in [-0.3, -0.25) is 4.79 Å². The number of hydrogen-bond donors (Lipinski definition) is 0. The normalized spacial score (nSPS) is 8.50. The molecule has 12 heavy (non-hydrogen) atoms. The zero-order valence-electron chi connectivity index (χ0n) is 6.53. The molecule has 0 aliphatic carbocycles. The van der Waals surface area contributed by atoms with Gasteiger partial charge in [-0.2, -0.15) is 5.12 Å². The SMILES string of the molecule is CN(F)C(=O)c1ccccc1.Cl. The van der Waals surface area contributed by atoms with Gasteiger partial charge in [0.2, 0.25) is 0 Å². The van der Waals surface area contributed by atoms with Gasteiger partial charge in [-0.1, -0.05) is 22.7 Å². The minimum absolute atomic E-state index is 0. The molecule has 0 unspecified atom stereocenters. The topological polar surface area (TPSA) is 20.3 Å². The molecule has 0 heterocycles. The van der Waals surface area contributed by atoms with Crippen LogP contribution in [0.2, 0.25) is 0 Å². The van der Waals surface area contributed by atoms with Crippen LogP contribution >= 0.6 is 12.4 Å². The summed E-state index contributed by atoms with van der Waals surface area (Å²) in [5, 5.41) is 0.0648. The molecule has 2 nitrogen and oxygen atoms in total. The molecule has 0 saturated carbocycles. The van der Waals surface area contributed by atoms with E-state index < -0.39 is 5.91 Å². The molecule has 66 valence electrons. The molecule has 0 N–H and O–H groups in total. The first-order valence-corrected chi connectivity index (χ1v) is 3.20. The number of carbonyl (C=O) groups is 1. The van der Waals surface area contributed by atoms with Crippen molar-refractivity contribution in [3.63, 3.8) is 0 Å². The fraction of sp³-hybridized carbons (Fsp3) is 0.125. The smallest absolute Gasteiger partial charge is 0.267 e. The van der Waals surface area contributed by atoms with Gasteiger partial charge in [0.15, 0.2) is 0 Å². The number of benzene rings is 1. The molecular formula is C8H9ClFNO. The largest absolute Gasteiger partial charge is 0.281 e. The molecule has 0 bridgehead atoms. The molecule has 1 rings (SSSR count). The Morgan fingerprint density at radius 3 is 2.25 bits per heavy atom. The molecule has 1 aromatic rings. The first-order chi connectivity index (χ1) is 5.22. The molecule has 0 saturated heterocycles. The Labute approximate surface area is 76.3 Å². The van der Waals surface area contributed by atoms with E-state index in [-0.39, 0.29) is 17.5 Å². The van der Waals surface area contributed by atoms with E-state index in [0.29, 0.717) is 5.56 Å². The molecular weight excluding hydrogens is 181 g/mol. The van der Waals surface area contributed by atoms with E-state index in [2.05, 4.69) is 0 Å². The Morgan fingerprint density at radius 1 is 1.33 bits per heavy atom. The first-order valence-electron chi connectivity index (χ1n) is 3.20. The number of hydrogen-bond acceptors (Lipinski definition) is 1. The van der Waals surface area contributed by atoms with Crippen LogP contribution in [0.25, 0.3) is 0 Å².